The summed E-state index contributed by atoms with van der Waals surface area (Å²) in [6, 6.07) is 10.3. The van der Waals surface area contributed by atoms with Gasteiger partial charge in [0.15, 0.2) is 0 Å². The van der Waals surface area contributed by atoms with Gasteiger partial charge < -0.3 is 4.74 Å². The van der Waals surface area contributed by atoms with E-state index in [0.29, 0.717) is 13.0 Å². The number of hydrogen-bond donors (Lipinski definition) is 0. The highest BCUT2D eigenvalue weighted by molar-refractivity contribution is 5.84. The maximum Gasteiger partial charge on any atom is 0.140 e. The van der Waals surface area contributed by atoms with Crippen molar-refractivity contribution in [3.8, 4) is 0 Å². The summed E-state index contributed by atoms with van der Waals surface area (Å²) < 4.78 is 5.80. The molecule has 0 aliphatic rings. The first kappa shape index (κ1) is 15.9. The Morgan fingerprint density at radius 1 is 1.21 bits per heavy atom. The molecule has 0 bridgehead atoms. The molecule has 0 spiro atoms. The highest BCUT2D eigenvalue weighted by Gasteiger charge is 2.28. The van der Waals surface area contributed by atoms with Crippen LogP contribution in [-0.4, -0.2) is 18.5 Å². The predicted molar refractivity (Wildman–Crippen MR) is 79.4 cm³/mol. The van der Waals surface area contributed by atoms with Gasteiger partial charge in [-0.05, 0) is 12.5 Å². The fraction of sp³-hybridized carbons (Fsp3) is 0.588. The zero-order valence-corrected chi connectivity index (χ0v) is 12.8. The standard InChI is InChI=1S/C17H26O2/c1-6-19-15(12-16(18)17(3,4)5)13(2)14-10-8-7-9-11-14/h7-11,13,15H,6,12H2,1-5H3/t13-,15-/m1/s1. The molecule has 0 amide bonds. The number of ketones is 1. The zero-order valence-electron chi connectivity index (χ0n) is 12.8. The lowest BCUT2D eigenvalue weighted by Crippen LogP contribution is -2.30. The number of rotatable bonds is 6. The molecule has 106 valence electrons. The molecule has 0 fully saturated rings. The van der Waals surface area contributed by atoms with Crippen LogP contribution in [-0.2, 0) is 9.53 Å². The van der Waals surface area contributed by atoms with E-state index in [1.165, 1.54) is 5.56 Å². The van der Waals surface area contributed by atoms with E-state index in [4.69, 9.17) is 4.74 Å². The average Bonchev–Trinajstić information content (AvgIpc) is 2.37. The molecule has 0 saturated heterocycles. The monoisotopic (exact) mass is 262 g/mol. The third-order valence-corrected chi connectivity index (χ3v) is 3.49. The molecule has 0 saturated carbocycles. The van der Waals surface area contributed by atoms with E-state index in [1.54, 1.807) is 0 Å². The first-order chi connectivity index (χ1) is 8.86. The number of benzene rings is 1. The second kappa shape index (κ2) is 6.85. The van der Waals surface area contributed by atoms with Crippen LogP contribution < -0.4 is 0 Å². The van der Waals surface area contributed by atoms with Gasteiger partial charge in [-0.3, -0.25) is 4.79 Å². The van der Waals surface area contributed by atoms with Crippen LogP contribution in [0.3, 0.4) is 0 Å². The molecule has 0 radical (unpaired) electrons. The quantitative estimate of drug-likeness (QED) is 0.768. The van der Waals surface area contributed by atoms with E-state index in [-0.39, 0.29) is 23.2 Å². The Hall–Kier alpha value is -1.15. The van der Waals surface area contributed by atoms with Gasteiger partial charge in [-0.25, -0.2) is 0 Å². The Bertz CT molecular complexity index is 389. The van der Waals surface area contributed by atoms with Crippen LogP contribution >= 0.6 is 0 Å². The SMILES string of the molecule is CCO[C@H](CC(=O)C(C)(C)C)[C@H](C)c1ccccc1. The van der Waals surface area contributed by atoms with Crippen LogP contribution in [0.4, 0.5) is 0 Å². The molecule has 0 N–H and O–H groups in total. The Balaban J connectivity index is 2.80. The van der Waals surface area contributed by atoms with Gasteiger partial charge in [0.25, 0.3) is 0 Å². The molecule has 2 heteroatoms. The molecule has 1 rings (SSSR count). The second-order valence-electron chi connectivity index (χ2n) is 6.07. The molecule has 19 heavy (non-hydrogen) atoms. The Morgan fingerprint density at radius 2 is 1.79 bits per heavy atom. The van der Waals surface area contributed by atoms with Gasteiger partial charge in [0.05, 0.1) is 6.10 Å². The molecular weight excluding hydrogens is 236 g/mol. The lowest BCUT2D eigenvalue weighted by Gasteiger charge is -2.27. The van der Waals surface area contributed by atoms with Crippen LogP contribution in [0.15, 0.2) is 30.3 Å². The Morgan fingerprint density at radius 3 is 2.26 bits per heavy atom. The molecule has 2 nitrogen and oxygen atoms in total. The lowest BCUT2D eigenvalue weighted by atomic mass is 9.84. The number of ether oxygens (including phenoxy) is 1. The molecule has 2 atom stereocenters. The topological polar surface area (TPSA) is 26.3 Å². The van der Waals surface area contributed by atoms with Gasteiger partial charge in [-0.2, -0.15) is 0 Å². The van der Waals surface area contributed by atoms with E-state index in [0.717, 1.165) is 0 Å². The van der Waals surface area contributed by atoms with E-state index in [9.17, 15) is 4.79 Å². The average molecular weight is 262 g/mol. The van der Waals surface area contributed by atoms with Crippen molar-refractivity contribution < 1.29 is 9.53 Å². The number of carbonyl (C=O) groups is 1. The van der Waals surface area contributed by atoms with Crippen molar-refractivity contribution in [2.24, 2.45) is 5.41 Å². The minimum Gasteiger partial charge on any atom is -0.377 e. The molecule has 1 aromatic carbocycles. The Kier molecular flexibility index (Phi) is 5.74. The summed E-state index contributed by atoms with van der Waals surface area (Å²) in [6.07, 6.45) is 0.437. The van der Waals surface area contributed by atoms with Gasteiger partial charge in [-0.15, -0.1) is 0 Å². The highest BCUT2D eigenvalue weighted by Crippen LogP contribution is 2.27. The van der Waals surface area contributed by atoms with Crippen molar-refractivity contribution in [2.75, 3.05) is 6.61 Å². The molecule has 1 aromatic rings. The van der Waals surface area contributed by atoms with Crippen molar-refractivity contribution in [1.29, 1.82) is 0 Å². The van der Waals surface area contributed by atoms with Gasteiger partial charge in [-0.1, -0.05) is 58.0 Å². The molecule has 0 aliphatic carbocycles. The van der Waals surface area contributed by atoms with Crippen molar-refractivity contribution in [3.05, 3.63) is 35.9 Å². The van der Waals surface area contributed by atoms with Crippen molar-refractivity contribution >= 4 is 5.78 Å². The number of Topliss-reactive ketones (excluding diaryl/α,β-unsaturated/α-hetero) is 1. The number of carbonyl (C=O) groups excluding carboxylic acids is 1. The van der Waals surface area contributed by atoms with E-state index in [1.807, 2.05) is 45.9 Å². The van der Waals surface area contributed by atoms with E-state index < -0.39 is 0 Å². The summed E-state index contributed by atoms with van der Waals surface area (Å²) in [5.41, 5.74) is 0.925. The highest BCUT2D eigenvalue weighted by atomic mass is 16.5. The minimum atomic E-state index is -0.300. The van der Waals surface area contributed by atoms with Crippen molar-refractivity contribution in [2.45, 2.75) is 53.1 Å². The summed E-state index contributed by atoms with van der Waals surface area (Å²) in [5, 5.41) is 0. The van der Waals surface area contributed by atoms with Crippen LogP contribution in [0.5, 0.6) is 0 Å². The Labute approximate surface area is 117 Å². The second-order valence-corrected chi connectivity index (χ2v) is 6.07. The van der Waals surface area contributed by atoms with Crippen LogP contribution in [0.2, 0.25) is 0 Å². The first-order valence-corrected chi connectivity index (χ1v) is 7.06. The van der Waals surface area contributed by atoms with Gasteiger partial charge >= 0.3 is 0 Å². The van der Waals surface area contributed by atoms with Crippen molar-refractivity contribution in [1.82, 2.24) is 0 Å². The molecule has 0 aromatic heterocycles. The fourth-order valence-electron chi connectivity index (χ4n) is 2.05. The largest absolute Gasteiger partial charge is 0.377 e. The van der Waals surface area contributed by atoms with Crippen molar-refractivity contribution in [3.63, 3.8) is 0 Å². The molecule has 0 unspecified atom stereocenters. The maximum atomic E-state index is 12.2. The third kappa shape index (κ3) is 4.79. The van der Waals surface area contributed by atoms with E-state index >= 15 is 0 Å². The molecular formula is C17H26O2. The normalized spacial score (nSPS) is 15.0. The van der Waals surface area contributed by atoms with E-state index in [2.05, 4.69) is 19.1 Å². The minimum absolute atomic E-state index is 0.0425. The summed E-state index contributed by atoms with van der Waals surface area (Å²) in [5.74, 6) is 0.487. The summed E-state index contributed by atoms with van der Waals surface area (Å²) >= 11 is 0. The number of hydrogen-bond acceptors (Lipinski definition) is 2. The van der Waals surface area contributed by atoms with Gasteiger partial charge in [0.2, 0.25) is 0 Å². The smallest absolute Gasteiger partial charge is 0.140 e. The van der Waals surface area contributed by atoms with Crippen LogP contribution in [0, 0.1) is 5.41 Å². The van der Waals surface area contributed by atoms with Crippen LogP contribution in [0.1, 0.15) is 52.5 Å². The first-order valence-electron chi connectivity index (χ1n) is 7.06. The third-order valence-electron chi connectivity index (χ3n) is 3.49. The van der Waals surface area contributed by atoms with Crippen LogP contribution in [0.25, 0.3) is 0 Å². The summed E-state index contributed by atoms with van der Waals surface area (Å²) in [6.45, 7) is 10.6. The zero-order chi connectivity index (χ0) is 14.5. The fourth-order valence-corrected chi connectivity index (χ4v) is 2.05. The molecule has 0 aliphatic heterocycles. The maximum absolute atomic E-state index is 12.2. The summed E-state index contributed by atoms with van der Waals surface area (Å²) in [4.78, 5) is 12.2. The summed E-state index contributed by atoms with van der Waals surface area (Å²) in [7, 11) is 0. The molecule has 0 heterocycles. The predicted octanol–water partition coefficient (Wildman–Crippen LogP) is 4.20. The van der Waals surface area contributed by atoms with Gasteiger partial charge in [0, 0.05) is 24.4 Å². The lowest BCUT2D eigenvalue weighted by molar-refractivity contribution is -0.129. The van der Waals surface area contributed by atoms with Gasteiger partial charge in [0.1, 0.15) is 5.78 Å².